The quantitative estimate of drug-likeness (QED) is 0.703. The van der Waals surface area contributed by atoms with Crippen molar-refractivity contribution in [3.8, 4) is 0 Å². The second kappa shape index (κ2) is 6.60. The lowest BCUT2D eigenvalue weighted by Gasteiger charge is -2.14. The molecule has 0 radical (unpaired) electrons. The minimum Gasteiger partial charge on any atom is -0.481 e. The van der Waals surface area contributed by atoms with Crippen molar-refractivity contribution in [1.29, 1.82) is 0 Å². The third kappa shape index (κ3) is 4.30. The van der Waals surface area contributed by atoms with E-state index >= 15 is 0 Å². The van der Waals surface area contributed by atoms with Crippen LogP contribution in [-0.2, 0) is 9.59 Å². The van der Waals surface area contributed by atoms with Crippen LogP contribution in [0, 0.1) is 11.6 Å². The van der Waals surface area contributed by atoms with Crippen LogP contribution in [0.2, 0.25) is 0 Å². The summed E-state index contributed by atoms with van der Waals surface area (Å²) in [5.74, 6) is -5.03. The van der Waals surface area contributed by atoms with Crippen molar-refractivity contribution in [3.63, 3.8) is 0 Å². The minimum atomic E-state index is -1.25. The molecule has 6 nitrogen and oxygen atoms in total. The summed E-state index contributed by atoms with van der Waals surface area (Å²) in [6, 6.07) is 1.07. The number of benzene rings is 1. The first-order valence-electron chi connectivity index (χ1n) is 5.58. The number of amides is 2. The fourth-order valence-electron chi connectivity index (χ4n) is 1.46. The van der Waals surface area contributed by atoms with Gasteiger partial charge >= 0.3 is 5.97 Å². The molecular formula is C12H12F2N2O4. The van der Waals surface area contributed by atoms with Gasteiger partial charge < -0.3 is 16.2 Å². The Morgan fingerprint density at radius 1 is 1.30 bits per heavy atom. The van der Waals surface area contributed by atoms with Crippen LogP contribution in [0.15, 0.2) is 18.2 Å². The number of halogens is 2. The fraction of sp³-hybridized carbons (Fsp3) is 0.250. The van der Waals surface area contributed by atoms with Crippen LogP contribution in [0.25, 0.3) is 0 Å². The maximum atomic E-state index is 13.4. The highest BCUT2D eigenvalue weighted by molar-refractivity contribution is 5.97. The maximum absolute atomic E-state index is 13.4. The molecule has 1 atom stereocenters. The van der Waals surface area contributed by atoms with Gasteiger partial charge in [-0.2, -0.15) is 0 Å². The van der Waals surface area contributed by atoms with E-state index in [1.54, 1.807) is 0 Å². The van der Waals surface area contributed by atoms with Crippen LogP contribution in [0.5, 0.6) is 0 Å². The average Bonchev–Trinajstić information content (AvgIpc) is 2.33. The standard InChI is InChI=1S/C12H12F2N2O4/c13-6-1-2-7(8(14)5-6)12(20)16-9(11(15)19)3-4-10(17)18/h1-2,5,9H,3-4H2,(H2,15,19)(H,16,20)(H,17,18)/t9-/m1/s1. The lowest BCUT2D eigenvalue weighted by atomic mass is 10.1. The summed E-state index contributed by atoms with van der Waals surface area (Å²) >= 11 is 0. The Hall–Kier alpha value is -2.51. The number of nitrogens with one attached hydrogen (secondary N) is 1. The van der Waals surface area contributed by atoms with E-state index in [4.69, 9.17) is 10.8 Å². The molecule has 20 heavy (non-hydrogen) atoms. The topological polar surface area (TPSA) is 109 Å². The Balaban J connectivity index is 2.80. The van der Waals surface area contributed by atoms with Crippen molar-refractivity contribution in [2.24, 2.45) is 5.73 Å². The molecule has 108 valence electrons. The summed E-state index contributed by atoms with van der Waals surface area (Å²) in [5.41, 5.74) is 4.55. The normalized spacial score (nSPS) is 11.7. The number of carbonyl (C=O) groups is 3. The van der Waals surface area contributed by atoms with E-state index in [9.17, 15) is 23.2 Å². The summed E-state index contributed by atoms with van der Waals surface area (Å²) in [4.78, 5) is 33.2. The number of hydrogen-bond donors (Lipinski definition) is 3. The Morgan fingerprint density at radius 3 is 2.45 bits per heavy atom. The molecule has 0 saturated heterocycles. The van der Waals surface area contributed by atoms with Crippen LogP contribution in [0.1, 0.15) is 23.2 Å². The van der Waals surface area contributed by atoms with E-state index in [0.29, 0.717) is 6.07 Å². The number of carboxylic acids is 1. The lowest BCUT2D eigenvalue weighted by Crippen LogP contribution is -2.44. The van der Waals surface area contributed by atoms with Crippen molar-refractivity contribution < 1.29 is 28.3 Å². The second-order valence-corrected chi connectivity index (χ2v) is 3.98. The predicted molar refractivity (Wildman–Crippen MR) is 63.7 cm³/mol. The smallest absolute Gasteiger partial charge is 0.303 e. The molecule has 0 heterocycles. The van der Waals surface area contributed by atoms with Crippen molar-refractivity contribution in [2.45, 2.75) is 18.9 Å². The molecule has 0 unspecified atom stereocenters. The van der Waals surface area contributed by atoms with Crippen molar-refractivity contribution in [3.05, 3.63) is 35.4 Å². The predicted octanol–water partition coefficient (Wildman–Crippen LogP) is 0.413. The fourth-order valence-corrected chi connectivity index (χ4v) is 1.46. The highest BCUT2D eigenvalue weighted by atomic mass is 19.1. The van der Waals surface area contributed by atoms with E-state index in [1.807, 2.05) is 0 Å². The minimum absolute atomic E-state index is 0.223. The van der Waals surface area contributed by atoms with Gasteiger partial charge in [0.05, 0.1) is 5.56 Å². The summed E-state index contributed by atoms with van der Waals surface area (Å²) < 4.78 is 26.1. The number of hydrogen-bond acceptors (Lipinski definition) is 3. The van der Waals surface area contributed by atoms with Gasteiger partial charge in [-0.3, -0.25) is 14.4 Å². The van der Waals surface area contributed by atoms with Crippen molar-refractivity contribution >= 4 is 17.8 Å². The van der Waals surface area contributed by atoms with E-state index < -0.39 is 41.0 Å². The SMILES string of the molecule is NC(=O)[C@@H](CCC(=O)O)NC(=O)c1ccc(F)cc1F. The van der Waals surface area contributed by atoms with Gasteiger partial charge in [0, 0.05) is 12.5 Å². The number of aliphatic carboxylic acids is 1. The van der Waals surface area contributed by atoms with Crippen LogP contribution in [-0.4, -0.2) is 28.9 Å². The molecule has 0 bridgehead atoms. The van der Waals surface area contributed by atoms with E-state index in [0.717, 1.165) is 12.1 Å². The lowest BCUT2D eigenvalue weighted by molar-refractivity contribution is -0.137. The molecule has 0 aliphatic carbocycles. The highest BCUT2D eigenvalue weighted by Crippen LogP contribution is 2.10. The van der Waals surface area contributed by atoms with E-state index in [1.165, 1.54) is 0 Å². The van der Waals surface area contributed by atoms with Crippen LogP contribution in [0.3, 0.4) is 0 Å². The molecular weight excluding hydrogens is 274 g/mol. The Bertz CT molecular complexity index is 548. The van der Waals surface area contributed by atoms with Gasteiger partial charge in [-0.05, 0) is 18.6 Å². The van der Waals surface area contributed by atoms with Crippen LogP contribution in [0.4, 0.5) is 8.78 Å². The first-order valence-corrected chi connectivity index (χ1v) is 5.58. The number of carboxylic acid groups (broad SMARTS) is 1. The number of primary amides is 1. The van der Waals surface area contributed by atoms with Crippen molar-refractivity contribution in [2.75, 3.05) is 0 Å². The molecule has 1 aromatic rings. The van der Waals surface area contributed by atoms with Gasteiger partial charge in [0.1, 0.15) is 17.7 Å². The summed E-state index contributed by atoms with van der Waals surface area (Å²) in [5, 5.41) is 10.6. The Morgan fingerprint density at radius 2 is 1.95 bits per heavy atom. The number of carbonyl (C=O) groups excluding carboxylic acids is 2. The second-order valence-electron chi connectivity index (χ2n) is 3.98. The average molecular weight is 286 g/mol. The van der Waals surface area contributed by atoms with Crippen LogP contribution < -0.4 is 11.1 Å². The molecule has 1 aromatic carbocycles. The third-order valence-electron chi connectivity index (χ3n) is 2.47. The van der Waals surface area contributed by atoms with Gasteiger partial charge in [-0.25, -0.2) is 8.78 Å². The number of nitrogens with two attached hydrogens (primary N) is 1. The summed E-state index contributed by atoms with van der Waals surface area (Å²) in [6.45, 7) is 0. The summed E-state index contributed by atoms with van der Waals surface area (Å²) in [6.07, 6.45) is -0.612. The Labute approximate surface area is 112 Å². The zero-order chi connectivity index (χ0) is 15.3. The van der Waals surface area contributed by atoms with Crippen molar-refractivity contribution in [1.82, 2.24) is 5.32 Å². The first-order chi connectivity index (χ1) is 9.31. The van der Waals surface area contributed by atoms with Gasteiger partial charge in [-0.1, -0.05) is 0 Å². The van der Waals surface area contributed by atoms with E-state index in [-0.39, 0.29) is 12.8 Å². The van der Waals surface area contributed by atoms with E-state index in [2.05, 4.69) is 5.32 Å². The molecule has 4 N–H and O–H groups in total. The molecule has 0 spiro atoms. The van der Waals surface area contributed by atoms with Gasteiger partial charge in [0.15, 0.2) is 0 Å². The molecule has 0 aromatic heterocycles. The molecule has 8 heteroatoms. The Kier molecular flexibility index (Phi) is 5.13. The molecule has 2 amide bonds. The molecule has 0 aliphatic heterocycles. The maximum Gasteiger partial charge on any atom is 0.303 e. The zero-order valence-electron chi connectivity index (χ0n) is 10.2. The molecule has 1 rings (SSSR count). The number of rotatable bonds is 6. The van der Waals surface area contributed by atoms with Crippen LogP contribution >= 0.6 is 0 Å². The molecule has 0 aliphatic rings. The van der Waals surface area contributed by atoms with Gasteiger partial charge in [-0.15, -0.1) is 0 Å². The zero-order valence-corrected chi connectivity index (χ0v) is 10.2. The third-order valence-corrected chi connectivity index (χ3v) is 2.47. The highest BCUT2D eigenvalue weighted by Gasteiger charge is 2.21. The first kappa shape index (κ1) is 15.5. The van der Waals surface area contributed by atoms with Gasteiger partial charge in [0.25, 0.3) is 5.91 Å². The summed E-state index contributed by atoms with van der Waals surface area (Å²) in [7, 11) is 0. The molecule has 0 saturated carbocycles. The monoisotopic (exact) mass is 286 g/mol. The molecule has 0 fully saturated rings. The van der Waals surface area contributed by atoms with Gasteiger partial charge in [0.2, 0.25) is 5.91 Å². The largest absolute Gasteiger partial charge is 0.481 e.